The molecular formula is C11H9N3O2. The van der Waals surface area contributed by atoms with Crippen LogP contribution in [0, 0.1) is 21.4 Å². The second-order valence-corrected chi connectivity index (χ2v) is 3.51. The van der Waals surface area contributed by atoms with Gasteiger partial charge in [-0.15, -0.1) is 0 Å². The van der Waals surface area contributed by atoms with Crippen molar-refractivity contribution >= 4 is 10.9 Å². The fraction of sp³-hybridized carbons (Fsp3) is 0.182. The molecule has 5 nitrogen and oxygen atoms in total. The van der Waals surface area contributed by atoms with Gasteiger partial charge in [-0.2, -0.15) is 5.26 Å². The summed E-state index contributed by atoms with van der Waals surface area (Å²) in [6, 6.07) is 9.23. The van der Waals surface area contributed by atoms with Crippen molar-refractivity contribution in [3.8, 4) is 6.07 Å². The number of hydrogen-bond donors (Lipinski definition) is 1. The Labute approximate surface area is 91.5 Å². The number of nitrogens with one attached hydrogen (secondary N) is 1. The molecule has 0 saturated carbocycles. The Bertz CT molecular complexity index is 580. The van der Waals surface area contributed by atoms with Gasteiger partial charge in [-0.05, 0) is 23.6 Å². The largest absolute Gasteiger partial charge is 0.358 e. The summed E-state index contributed by atoms with van der Waals surface area (Å²) in [6.45, 7) is -0.0854. The predicted octanol–water partition coefficient (Wildman–Crippen LogP) is 1.86. The third-order valence-corrected chi connectivity index (χ3v) is 2.37. The maximum atomic E-state index is 10.2. The Balaban J connectivity index is 2.30. The van der Waals surface area contributed by atoms with Gasteiger partial charge in [0.1, 0.15) is 0 Å². The Hall–Kier alpha value is -2.35. The van der Waals surface area contributed by atoms with Crippen LogP contribution in [0.4, 0.5) is 0 Å². The number of nitriles is 1. The van der Waals surface area contributed by atoms with Crippen molar-refractivity contribution in [1.82, 2.24) is 4.98 Å². The third-order valence-electron chi connectivity index (χ3n) is 2.37. The van der Waals surface area contributed by atoms with Crippen molar-refractivity contribution in [2.45, 2.75) is 6.42 Å². The van der Waals surface area contributed by atoms with Gasteiger partial charge in [0.25, 0.3) is 0 Å². The standard InChI is InChI=1S/C11H9N3O2/c12-7-8-1-2-9-6-10(3-4-14(15)16)13-11(9)5-8/h1-2,5-6,13H,3-4H2. The summed E-state index contributed by atoms with van der Waals surface area (Å²) in [5, 5.41) is 19.9. The molecule has 0 radical (unpaired) electrons. The van der Waals surface area contributed by atoms with E-state index in [1.807, 2.05) is 12.1 Å². The molecule has 0 saturated heterocycles. The van der Waals surface area contributed by atoms with E-state index in [9.17, 15) is 10.1 Å². The molecule has 1 heterocycles. The molecule has 0 bridgehead atoms. The summed E-state index contributed by atoms with van der Waals surface area (Å²) in [5.41, 5.74) is 2.24. The molecule has 0 amide bonds. The molecule has 0 aliphatic heterocycles. The Kier molecular flexibility index (Phi) is 2.56. The number of nitrogens with zero attached hydrogens (tertiary/aromatic N) is 2. The Morgan fingerprint density at radius 3 is 2.94 bits per heavy atom. The molecule has 1 N–H and O–H groups in total. The second-order valence-electron chi connectivity index (χ2n) is 3.51. The normalized spacial score (nSPS) is 10.2. The van der Waals surface area contributed by atoms with Crippen LogP contribution in [-0.4, -0.2) is 16.5 Å². The Morgan fingerprint density at radius 1 is 1.44 bits per heavy atom. The van der Waals surface area contributed by atoms with Gasteiger partial charge < -0.3 is 4.98 Å². The summed E-state index contributed by atoms with van der Waals surface area (Å²) >= 11 is 0. The summed E-state index contributed by atoms with van der Waals surface area (Å²) in [4.78, 5) is 13.0. The zero-order chi connectivity index (χ0) is 11.5. The first-order chi connectivity index (χ1) is 7.69. The highest BCUT2D eigenvalue weighted by Crippen LogP contribution is 2.17. The monoisotopic (exact) mass is 215 g/mol. The van der Waals surface area contributed by atoms with E-state index in [4.69, 9.17) is 5.26 Å². The molecule has 80 valence electrons. The number of benzene rings is 1. The number of aromatic amines is 1. The maximum absolute atomic E-state index is 10.2. The minimum atomic E-state index is -0.341. The smallest absolute Gasteiger partial charge is 0.209 e. The number of rotatable bonds is 3. The van der Waals surface area contributed by atoms with E-state index in [-0.39, 0.29) is 11.5 Å². The minimum absolute atomic E-state index is 0.0854. The van der Waals surface area contributed by atoms with Crippen molar-refractivity contribution < 1.29 is 4.92 Å². The summed E-state index contributed by atoms with van der Waals surface area (Å²) in [5.74, 6) is 0. The van der Waals surface area contributed by atoms with Crippen LogP contribution >= 0.6 is 0 Å². The number of hydrogen-bond acceptors (Lipinski definition) is 3. The Morgan fingerprint density at radius 2 is 2.25 bits per heavy atom. The van der Waals surface area contributed by atoms with Crippen LogP contribution in [0.1, 0.15) is 11.3 Å². The highest BCUT2D eigenvalue weighted by Gasteiger charge is 2.04. The SMILES string of the molecule is N#Cc1ccc2cc(CC[N+](=O)[O-])[nH]c2c1. The van der Waals surface area contributed by atoms with Crippen LogP contribution in [0.25, 0.3) is 10.9 Å². The first-order valence-electron chi connectivity index (χ1n) is 4.82. The summed E-state index contributed by atoms with van der Waals surface area (Å²) < 4.78 is 0. The van der Waals surface area contributed by atoms with Crippen LogP contribution in [0.15, 0.2) is 24.3 Å². The number of aromatic nitrogens is 1. The van der Waals surface area contributed by atoms with Gasteiger partial charge in [-0.3, -0.25) is 10.1 Å². The van der Waals surface area contributed by atoms with Gasteiger partial charge >= 0.3 is 0 Å². The molecule has 16 heavy (non-hydrogen) atoms. The van der Waals surface area contributed by atoms with E-state index < -0.39 is 0 Å². The zero-order valence-corrected chi connectivity index (χ0v) is 8.43. The van der Waals surface area contributed by atoms with Crippen LogP contribution in [0.5, 0.6) is 0 Å². The van der Waals surface area contributed by atoms with Crippen molar-refractivity contribution in [3.63, 3.8) is 0 Å². The number of H-pyrrole nitrogens is 1. The third kappa shape index (κ3) is 2.01. The highest BCUT2D eigenvalue weighted by atomic mass is 16.6. The number of nitro groups is 1. The molecule has 1 aromatic carbocycles. The molecule has 2 rings (SSSR count). The molecule has 0 aliphatic carbocycles. The van der Waals surface area contributed by atoms with E-state index in [2.05, 4.69) is 11.1 Å². The highest BCUT2D eigenvalue weighted by molar-refractivity contribution is 5.81. The van der Waals surface area contributed by atoms with Crippen LogP contribution in [-0.2, 0) is 6.42 Å². The van der Waals surface area contributed by atoms with Gasteiger partial charge in [0.05, 0.1) is 18.1 Å². The molecule has 5 heteroatoms. The van der Waals surface area contributed by atoms with Gasteiger partial charge in [0.15, 0.2) is 0 Å². The van der Waals surface area contributed by atoms with E-state index in [0.717, 1.165) is 16.6 Å². The maximum Gasteiger partial charge on any atom is 0.209 e. The zero-order valence-electron chi connectivity index (χ0n) is 8.43. The van der Waals surface area contributed by atoms with Crippen LogP contribution < -0.4 is 0 Å². The van der Waals surface area contributed by atoms with Crippen molar-refractivity contribution in [1.29, 1.82) is 5.26 Å². The fourth-order valence-electron chi connectivity index (χ4n) is 1.60. The van der Waals surface area contributed by atoms with E-state index in [1.54, 1.807) is 12.1 Å². The van der Waals surface area contributed by atoms with Gasteiger partial charge in [-0.25, -0.2) is 0 Å². The lowest BCUT2D eigenvalue weighted by molar-refractivity contribution is -0.479. The molecule has 0 spiro atoms. The number of fused-ring (bicyclic) bond motifs is 1. The average molecular weight is 215 g/mol. The first kappa shape index (κ1) is 10.2. The van der Waals surface area contributed by atoms with Crippen LogP contribution in [0.2, 0.25) is 0 Å². The molecule has 0 fully saturated rings. The minimum Gasteiger partial charge on any atom is -0.358 e. The van der Waals surface area contributed by atoms with E-state index in [0.29, 0.717) is 12.0 Å². The molecule has 0 atom stereocenters. The lowest BCUT2D eigenvalue weighted by Crippen LogP contribution is -2.03. The predicted molar refractivity (Wildman–Crippen MR) is 58.6 cm³/mol. The topological polar surface area (TPSA) is 82.7 Å². The second kappa shape index (κ2) is 4.03. The van der Waals surface area contributed by atoms with Gasteiger partial charge in [0, 0.05) is 16.1 Å². The van der Waals surface area contributed by atoms with Crippen LogP contribution in [0.3, 0.4) is 0 Å². The molecule has 0 aliphatic rings. The van der Waals surface area contributed by atoms with E-state index in [1.165, 1.54) is 0 Å². The van der Waals surface area contributed by atoms with E-state index >= 15 is 0 Å². The molecule has 2 aromatic rings. The molecule has 1 aromatic heterocycles. The fourth-order valence-corrected chi connectivity index (χ4v) is 1.60. The quantitative estimate of drug-likeness (QED) is 0.626. The van der Waals surface area contributed by atoms with Gasteiger partial charge in [-0.1, -0.05) is 6.07 Å². The summed E-state index contributed by atoms with van der Waals surface area (Å²) in [7, 11) is 0. The molecule has 0 unspecified atom stereocenters. The lowest BCUT2D eigenvalue weighted by Gasteiger charge is -1.91. The lowest BCUT2D eigenvalue weighted by atomic mass is 10.2. The molecular weight excluding hydrogens is 206 g/mol. The van der Waals surface area contributed by atoms with Crippen molar-refractivity contribution in [2.24, 2.45) is 0 Å². The summed E-state index contributed by atoms with van der Waals surface area (Å²) in [6.07, 6.45) is 0.379. The van der Waals surface area contributed by atoms with Gasteiger partial charge in [0.2, 0.25) is 6.54 Å². The van der Waals surface area contributed by atoms with Crippen molar-refractivity contribution in [3.05, 3.63) is 45.6 Å². The van der Waals surface area contributed by atoms with Crippen molar-refractivity contribution in [2.75, 3.05) is 6.54 Å². The first-order valence-corrected chi connectivity index (χ1v) is 4.82. The average Bonchev–Trinajstić information content (AvgIpc) is 2.67.